The molecule has 0 aromatic carbocycles. The molecule has 0 spiro atoms. The van der Waals surface area contributed by atoms with Crippen molar-refractivity contribution in [3.05, 3.63) is 11.5 Å². The van der Waals surface area contributed by atoms with Crippen LogP contribution in [0, 0.1) is 0 Å². The lowest BCUT2D eigenvalue weighted by Crippen LogP contribution is -2.12. The summed E-state index contributed by atoms with van der Waals surface area (Å²) in [5.74, 6) is 0.380. The van der Waals surface area contributed by atoms with E-state index in [2.05, 4.69) is 20.6 Å². The van der Waals surface area contributed by atoms with Gasteiger partial charge in [0, 0.05) is 13.5 Å². The van der Waals surface area contributed by atoms with Gasteiger partial charge < -0.3 is 10.6 Å². The summed E-state index contributed by atoms with van der Waals surface area (Å²) in [6.07, 6.45) is 1.71. The van der Waals surface area contributed by atoms with Crippen LogP contribution in [0.15, 0.2) is 6.33 Å². The largest absolute Gasteiger partial charge is 0.371 e. The molecule has 0 aliphatic carbocycles. The standard InChI is InChI=1S/C8H11ClN4O/c1-3-5(14)13-6-7(9)11-4-12-8(6)10-2/h4H,3H2,1-2H3,(H,13,14)(H,10,11,12). The van der Waals surface area contributed by atoms with Gasteiger partial charge in [-0.1, -0.05) is 18.5 Å². The monoisotopic (exact) mass is 214 g/mol. The van der Waals surface area contributed by atoms with Crippen LogP contribution in [0.2, 0.25) is 5.15 Å². The second kappa shape index (κ2) is 4.76. The number of halogens is 1. The number of hydrogen-bond donors (Lipinski definition) is 2. The van der Waals surface area contributed by atoms with Crippen LogP contribution in [-0.4, -0.2) is 22.9 Å². The van der Waals surface area contributed by atoms with Crippen molar-refractivity contribution in [1.82, 2.24) is 9.97 Å². The number of aromatic nitrogens is 2. The summed E-state index contributed by atoms with van der Waals surface area (Å²) in [6, 6.07) is 0. The molecule has 0 saturated heterocycles. The maximum Gasteiger partial charge on any atom is 0.224 e. The highest BCUT2D eigenvalue weighted by molar-refractivity contribution is 6.33. The second-order valence-corrected chi connectivity index (χ2v) is 2.90. The molecule has 0 aliphatic rings. The molecular weight excluding hydrogens is 204 g/mol. The van der Waals surface area contributed by atoms with Crippen molar-refractivity contribution in [3.8, 4) is 0 Å². The molecule has 1 heterocycles. The number of rotatable bonds is 3. The molecule has 76 valence electrons. The molecule has 0 radical (unpaired) electrons. The van der Waals surface area contributed by atoms with Crippen LogP contribution < -0.4 is 10.6 Å². The first-order chi connectivity index (χ1) is 6.69. The number of carbonyl (C=O) groups excluding carboxylic acids is 1. The number of carbonyl (C=O) groups is 1. The fourth-order valence-electron chi connectivity index (χ4n) is 0.892. The van der Waals surface area contributed by atoms with Crippen LogP contribution in [0.3, 0.4) is 0 Å². The highest BCUT2D eigenvalue weighted by atomic mass is 35.5. The van der Waals surface area contributed by atoms with E-state index in [1.165, 1.54) is 6.33 Å². The van der Waals surface area contributed by atoms with E-state index >= 15 is 0 Å². The van der Waals surface area contributed by atoms with Crippen LogP contribution in [0.4, 0.5) is 11.5 Å². The minimum Gasteiger partial charge on any atom is -0.371 e. The van der Waals surface area contributed by atoms with Gasteiger partial charge in [0.05, 0.1) is 0 Å². The van der Waals surface area contributed by atoms with Gasteiger partial charge in [0.15, 0.2) is 11.0 Å². The number of amides is 1. The van der Waals surface area contributed by atoms with Gasteiger partial charge in [-0.3, -0.25) is 4.79 Å². The molecule has 0 atom stereocenters. The normalized spacial score (nSPS) is 9.64. The van der Waals surface area contributed by atoms with Crippen molar-refractivity contribution in [2.75, 3.05) is 17.7 Å². The maximum absolute atomic E-state index is 11.1. The van der Waals surface area contributed by atoms with Gasteiger partial charge in [-0.05, 0) is 0 Å². The maximum atomic E-state index is 11.1. The zero-order valence-corrected chi connectivity index (χ0v) is 8.72. The van der Waals surface area contributed by atoms with E-state index in [0.29, 0.717) is 17.9 Å². The number of hydrogen-bond acceptors (Lipinski definition) is 4. The fraction of sp³-hybridized carbons (Fsp3) is 0.375. The van der Waals surface area contributed by atoms with Gasteiger partial charge in [0.25, 0.3) is 0 Å². The Labute approximate surface area is 86.9 Å². The zero-order chi connectivity index (χ0) is 10.6. The summed E-state index contributed by atoms with van der Waals surface area (Å²) < 4.78 is 0. The van der Waals surface area contributed by atoms with Gasteiger partial charge in [0.1, 0.15) is 12.0 Å². The Morgan fingerprint density at radius 2 is 2.29 bits per heavy atom. The number of anilines is 2. The highest BCUT2D eigenvalue weighted by Gasteiger charge is 2.10. The summed E-state index contributed by atoms with van der Waals surface area (Å²) >= 11 is 5.80. The summed E-state index contributed by atoms with van der Waals surface area (Å²) in [4.78, 5) is 18.8. The quantitative estimate of drug-likeness (QED) is 0.749. The van der Waals surface area contributed by atoms with Crippen molar-refractivity contribution in [3.63, 3.8) is 0 Å². The van der Waals surface area contributed by atoms with Crippen LogP contribution in [0.25, 0.3) is 0 Å². The summed E-state index contributed by atoms with van der Waals surface area (Å²) in [7, 11) is 1.69. The summed E-state index contributed by atoms with van der Waals surface area (Å²) in [5, 5.41) is 5.66. The minimum absolute atomic E-state index is 0.127. The lowest BCUT2D eigenvalue weighted by molar-refractivity contribution is -0.115. The Hall–Kier alpha value is -1.36. The summed E-state index contributed by atoms with van der Waals surface area (Å²) in [5.41, 5.74) is 0.420. The van der Waals surface area contributed by atoms with E-state index in [0.717, 1.165) is 0 Å². The first-order valence-corrected chi connectivity index (χ1v) is 4.55. The first kappa shape index (κ1) is 10.7. The Bertz CT molecular complexity index is 342. The molecule has 0 aliphatic heterocycles. The van der Waals surface area contributed by atoms with Gasteiger partial charge in [-0.15, -0.1) is 0 Å². The average Bonchev–Trinajstić information content (AvgIpc) is 2.20. The van der Waals surface area contributed by atoms with Gasteiger partial charge in [-0.2, -0.15) is 0 Å². The van der Waals surface area contributed by atoms with Crippen molar-refractivity contribution in [2.45, 2.75) is 13.3 Å². The lowest BCUT2D eigenvalue weighted by Gasteiger charge is -2.09. The molecule has 1 amide bonds. The average molecular weight is 215 g/mol. The van der Waals surface area contributed by atoms with Crippen LogP contribution >= 0.6 is 11.6 Å². The van der Waals surface area contributed by atoms with Gasteiger partial charge in [-0.25, -0.2) is 9.97 Å². The predicted octanol–water partition coefficient (Wildman–Crippen LogP) is 1.52. The van der Waals surface area contributed by atoms with Crippen molar-refractivity contribution < 1.29 is 4.79 Å². The fourth-order valence-corrected chi connectivity index (χ4v) is 1.07. The lowest BCUT2D eigenvalue weighted by atomic mass is 10.4. The smallest absolute Gasteiger partial charge is 0.224 e. The van der Waals surface area contributed by atoms with E-state index in [9.17, 15) is 4.79 Å². The Morgan fingerprint density at radius 3 is 2.86 bits per heavy atom. The third kappa shape index (κ3) is 2.32. The first-order valence-electron chi connectivity index (χ1n) is 4.17. The Kier molecular flexibility index (Phi) is 3.64. The molecule has 1 aromatic heterocycles. The SMILES string of the molecule is CCC(=O)Nc1c(Cl)ncnc1NC. The third-order valence-electron chi connectivity index (χ3n) is 1.62. The van der Waals surface area contributed by atoms with E-state index < -0.39 is 0 Å². The van der Waals surface area contributed by atoms with Crippen LogP contribution in [-0.2, 0) is 4.79 Å². The van der Waals surface area contributed by atoms with Gasteiger partial charge >= 0.3 is 0 Å². The topological polar surface area (TPSA) is 66.9 Å². The zero-order valence-electron chi connectivity index (χ0n) is 7.97. The Balaban J connectivity index is 2.98. The summed E-state index contributed by atoms with van der Waals surface area (Å²) in [6.45, 7) is 1.76. The van der Waals surface area contributed by atoms with Gasteiger partial charge in [0.2, 0.25) is 5.91 Å². The van der Waals surface area contributed by atoms with Crippen LogP contribution in [0.5, 0.6) is 0 Å². The molecule has 14 heavy (non-hydrogen) atoms. The molecule has 1 aromatic rings. The van der Waals surface area contributed by atoms with E-state index in [1.807, 2.05) is 0 Å². The molecule has 0 bridgehead atoms. The number of nitrogens with one attached hydrogen (secondary N) is 2. The third-order valence-corrected chi connectivity index (χ3v) is 1.91. The molecule has 0 fully saturated rings. The van der Waals surface area contributed by atoms with E-state index in [-0.39, 0.29) is 11.1 Å². The van der Waals surface area contributed by atoms with Crippen molar-refractivity contribution in [2.24, 2.45) is 0 Å². The van der Waals surface area contributed by atoms with Crippen molar-refractivity contribution in [1.29, 1.82) is 0 Å². The molecule has 6 heteroatoms. The molecule has 1 rings (SSSR count). The minimum atomic E-state index is -0.127. The predicted molar refractivity (Wildman–Crippen MR) is 55.5 cm³/mol. The van der Waals surface area contributed by atoms with E-state index in [4.69, 9.17) is 11.6 Å². The molecule has 2 N–H and O–H groups in total. The molecule has 0 unspecified atom stereocenters. The molecule has 5 nitrogen and oxygen atoms in total. The second-order valence-electron chi connectivity index (χ2n) is 2.54. The molecule has 0 saturated carbocycles. The highest BCUT2D eigenvalue weighted by Crippen LogP contribution is 2.25. The Morgan fingerprint density at radius 1 is 1.57 bits per heavy atom. The van der Waals surface area contributed by atoms with E-state index in [1.54, 1.807) is 14.0 Å². The number of nitrogens with zero attached hydrogens (tertiary/aromatic N) is 2. The van der Waals surface area contributed by atoms with Crippen molar-refractivity contribution >= 4 is 29.0 Å². The van der Waals surface area contributed by atoms with Crippen LogP contribution in [0.1, 0.15) is 13.3 Å². The molecular formula is C8H11ClN4O.